The van der Waals surface area contributed by atoms with Crippen molar-refractivity contribution in [3.8, 4) is 5.75 Å². The number of nitrogens with one attached hydrogen (secondary N) is 2. The molecule has 1 fully saturated rings. The monoisotopic (exact) mass is 262 g/mol. The number of rotatable bonds is 2. The van der Waals surface area contributed by atoms with E-state index in [1.807, 2.05) is 0 Å². The fourth-order valence-corrected chi connectivity index (χ4v) is 2.17. The molecule has 2 aliphatic rings. The SMILES string of the molecule is O=C1COc2ccc(C(=O)C3COCCN3)cc2N1. The molecule has 0 aromatic heterocycles. The minimum absolute atomic E-state index is 0.0122. The van der Waals surface area contributed by atoms with E-state index in [1.54, 1.807) is 18.2 Å². The number of ketones is 1. The van der Waals surface area contributed by atoms with Gasteiger partial charge in [0.05, 0.1) is 24.9 Å². The number of hydrogen-bond acceptors (Lipinski definition) is 5. The zero-order chi connectivity index (χ0) is 13.2. The molecule has 0 bridgehead atoms. The highest BCUT2D eigenvalue weighted by Gasteiger charge is 2.24. The van der Waals surface area contributed by atoms with Gasteiger partial charge in [0, 0.05) is 12.1 Å². The molecule has 100 valence electrons. The molecule has 2 N–H and O–H groups in total. The summed E-state index contributed by atoms with van der Waals surface area (Å²) >= 11 is 0. The van der Waals surface area contributed by atoms with Crippen molar-refractivity contribution in [2.45, 2.75) is 6.04 Å². The molecule has 0 saturated carbocycles. The van der Waals surface area contributed by atoms with Gasteiger partial charge in [0.1, 0.15) is 5.75 Å². The van der Waals surface area contributed by atoms with Crippen LogP contribution in [0.4, 0.5) is 5.69 Å². The normalized spacial score (nSPS) is 22.1. The second-order valence-corrected chi connectivity index (χ2v) is 4.49. The average Bonchev–Trinajstić information content (AvgIpc) is 2.46. The lowest BCUT2D eigenvalue weighted by atomic mass is 10.0. The van der Waals surface area contributed by atoms with Crippen molar-refractivity contribution in [2.75, 3.05) is 31.7 Å². The summed E-state index contributed by atoms with van der Waals surface area (Å²) in [6, 6.07) is 4.72. The van der Waals surface area contributed by atoms with E-state index in [0.29, 0.717) is 36.8 Å². The van der Waals surface area contributed by atoms with Gasteiger partial charge in [-0.2, -0.15) is 0 Å². The summed E-state index contributed by atoms with van der Waals surface area (Å²) in [5.41, 5.74) is 1.08. The van der Waals surface area contributed by atoms with E-state index in [4.69, 9.17) is 9.47 Å². The van der Waals surface area contributed by atoms with Gasteiger partial charge < -0.3 is 20.1 Å². The second-order valence-electron chi connectivity index (χ2n) is 4.49. The number of ether oxygens (including phenoxy) is 2. The number of Topliss-reactive ketones (excluding diaryl/α,β-unsaturated/α-hetero) is 1. The molecule has 1 unspecified atom stereocenters. The van der Waals surface area contributed by atoms with Gasteiger partial charge in [0.2, 0.25) is 0 Å². The fourth-order valence-electron chi connectivity index (χ4n) is 2.17. The molecule has 0 aliphatic carbocycles. The first kappa shape index (κ1) is 12.1. The lowest BCUT2D eigenvalue weighted by Gasteiger charge is -2.23. The zero-order valence-corrected chi connectivity index (χ0v) is 10.3. The Balaban J connectivity index is 1.83. The minimum Gasteiger partial charge on any atom is -0.482 e. The Morgan fingerprint density at radius 3 is 3.05 bits per heavy atom. The van der Waals surface area contributed by atoms with Gasteiger partial charge in [0.15, 0.2) is 12.4 Å². The van der Waals surface area contributed by atoms with E-state index in [0.717, 1.165) is 0 Å². The van der Waals surface area contributed by atoms with Crippen molar-refractivity contribution >= 4 is 17.4 Å². The van der Waals surface area contributed by atoms with Gasteiger partial charge in [-0.05, 0) is 18.2 Å². The van der Waals surface area contributed by atoms with Crippen molar-refractivity contribution < 1.29 is 19.1 Å². The van der Waals surface area contributed by atoms with Gasteiger partial charge >= 0.3 is 0 Å². The van der Waals surface area contributed by atoms with Gasteiger partial charge in [-0.1, -0.05) is 0 Å². The van der Waals surface area contributed by atoms with Crippen LogP contribution in [0.3, 0.4) is 0 Å². The Hall–Kier alpha value is -1.92. The first-order chi connectivity index (χ1) is 9.24. The highest BCUT2D eigenvalue weighted by Crippen LogP contribution is 2.28. The Kier molecular flexibility index (Phi) is 3.18. The molecule has 2 heterocycles. The van der Waals surface area contributed by atoms with Crippen molar-refractivity contribution in [1.82, 2.24) is 5.32 Å². The molecular weight excluding hydrogens is 248 g/mol. The van der Waals surface area contributed by atoms with Crippen molar-refractivity contribution in [2.24, 2.45) is 0 Å². The summed E-state index contributed by atoms with van der Waals surface area (Å²) in [6.07, 6.45) is 0. The van der Waals surface area contributed by atoms with Crippen LogP contribution in [-0.4, -0.2) is 44.1 Å². The number of hydrogen-bond donors (Lipinski definition) is 2. The Labute approximate surface area is 110 Å². The lowest BCUT2D eigenvalue weighted by Crippen LogP contribution is -2.46. The van der Waals surface area contributed by atoms with Crippen molar-refractivity contribution in [3.05, 3.63) is 23.8 Å². The lowest BCUT2D eigenvalue weighted by molar-refractivity contribution is -0.118. The maximum atomic E-state index is 12.3. The molecule has 1 saturated heterocycles. The molecule has 6 heteroatoms. The number of morpholine rings is 1. The third-order valence-electron chi connectivity index (χ3n) is 3.14. The molecule has 1 aromatic carbocycles. The van der Waals surface area contributed by atoms with Gasteiger partial charge in [0.25, 0.3) is 5.91 Å². The molecule has 1 amide bonds. The number of benzene rings is 1. The van der Waals surface area contributed by atoms with Gasteiger partial charge in [-0.15, -0.1) is 0 Å². The van der Waals surface area contributed by atoms with Crippen LogP contribution in [0.5, 0.6) is 5.75 Å². The minimum atomic E-state index is -0.327. The van der Waals surface area contributed by atoms with Crippen molar-refractivity contribution in [3.63, 3.8) is 0 Å². The number of amides is 1. The Morgan fingerprint density at radius 2 is 2.26 bits per heavy atom. The highest BCUT2D eigenvalue weighted by atomic mass is 16.5. The van der Waals surface area contributed by atoms with Crippen LogP contribution in [0.25, 0.3) is 0 Å². The molecule has 19 heavy (non-hydrogen) atoms. The van der Waals surface area contributed by atoms with Crippen LogP contribution in [0.15, 0.2) is 18.2 Å². The van der Waals surface area contributed by atoms with E-state index < -0.39 is 0 Å². The van der Waals surface area contributed by atoms with Crippen LogP contribution >= 0.6 is 0 Å². The standard InChI is InChI=1S/C13H14N2O4/c16-12-7-19-11-2-1-8(5-9(11)15-12)13(17)10-6-18-4-3-14-10/h1-2,5,10,14H,3-4,6-7H2,(H,15,16). The van der Waals surface area contributed by atoms with Crippen LogP contribution in [0.1, 0.15) is 10.4 Å². The largest absolute Gasteiger partial charge is 0.482 e. The predicted molar refractivity (Wildman–Crippen MR) is 67.5 cm³/mol. The van der Waals surface area contributed by atoms with Crippen molar-refractivity contribution in [1.29, 1.82) is 0 Å². The van der Waals surface area contributed by atoms with Crippen LogP contribution in [0, 0.1) is 0 Å². The van der Waals surface area contributed by atoms with Crippen LogP contribution in [-0.2, 0) is 9.53 Å². The Bertz CT molecular complexity index is 523. The quantitative estimate of drug-likeness (QED) is 0.744. The van der Waals surface area contributed by atoms with E-state index in [-0.39, 0.29) is 24.3 Å². The summed E-state index contributed by atoms with van der Waals surface area (Å²) in [5.74, 6) is 0.336. The molecule has 6 nitrogen and oxygen atoms in total. The van der Waals surface area contributed by atoms with Gasteiger partial charge in [-0.25, -0.2) is 0 Å². The van der Waals surface area contributed by atoms with E-state index in [2.05, 4.69) is 10.6 Å². The third-order valence-corrected chi connectivity index (χ3v) is 3.14. The maximum absolute atomic E-state index is 12.3. The average molecular weight is 262 g/mol. The smallest absolute Gasteiger partial charge is 0.262 e. The molecule has 0 radical (unpaired) electrons. The van der Waals surface area contributed by atoms with E-state index in [1.165, 1.54) is 0 Å². The summed E-state index contributed by atoms with van der Waals surface area (Å²) in [5, 5.41) is 5.80. The van der Waals surface area contributed by atoms with E-state index >= 15 is 0 Å². The first-order valence-electron chi connectivity index (χ1n) is 6.16. The van der Waals surface area contributed by atoms with E-state index in [9.17, 15) is 9.59 Å². The Morgan fingerprint density at radius 1 is 1.37 bits per heavy atom. The maximum Gasteiger partial charge on any atom is 0.262 e. The number of anilines is 1. The zero-order valence-electron chi connectivity index (χ0n) is 10.3. The van der Waals surface area contributed by atoms with Gasteiger partial charge in [-0.3, -0.25) is 9.59 Å². The number of fused-ring (bicyclic) bond motifs is 1. The predicted octanol–water partition coefficient (Wildman–Crippen LogP) is 0.189. The summed E-state index contributed by atoms with van der Waals surface area (Å²) in [4.78, 5) is 23.5. The number of carbonyl (C=O) groups excluding carboxylic acids is 2. The molecule has 3 rings (SSSR count). The third kappa shape index (κ3) is 2.45. The molecule has 0 spiro atoms. The second kappa shape index (κ2) is 4.99. The topological polar surface area (TPSA) is 76.7 Å². The van der Waals surface area contributed by atoms with Crippen LogP contribution in [0.2, 0.25) is 0 Å². The fraction of sp³-hybridized carbons (Fsp3) is 0.385. The number of carbonyl (C=O) groups is 2. The molecule has 1 atom stereocenters. The van der Waals surface area contributed by atoms with Crippen LogP contribution < -0.4 is 15.4 Å². The summed E-state index contributed by atoms with van der Waals surface area (Å²) < 4.78 is 10.5. The molecular formula is C13H14N2O4. The first-order valence-corrected chi connectivity index (χ1v) is 6.16. The molecule has 2 aliphatic heterocycles. The highest BCUT2D eigenvalue weighted by molar-refractivity contribution is 6.03. The summed E-state index contributed by atoms with van der Waals surface area (Å²) in [7, 11) is 0. The molecule has 1 aromatic rings. The summed E-state index contributed by atoms with van der Waals surface area (Å²) in [6.45, 7) is 1.68.